The Morgan fingerprint density at radius 1 is 0.931 bits per heavy atom. The van der Waals surface area contributed by atoms with E-state index in [1.807, 2.05) is 30.3 Å². The maximum atomic E-state index is 14.0. The van der Waals surface area contributed by atoms with Gasteiger partial charge in [-0.1, -0.05) is 30.3 Å². The molecule has 5 rings (SSSR count). The standard InChI is InChI=1S/C24H22F2N2O/c25-17-6-8-21-19(12-17)20-13-18(26)7-9-22(20)28(21)23-10-11-27-15-24(23,29)14-16-4-2-1-3-5-16/h1-9,12-13,23,27,29H,10-11,14-15H2. The number of halogens is 2. The number of benzene rings is 3. The number of aromatic nitrogens is 1. The van der Waals surface area contributed by atoms with Gasteiger partial charge in [0.2, 0.25) is 0 Å². The summed E-state index contributed by atoms with van der Waals surface area (Å²) in [6.07, 6.45) is 1.21. The zero-order valence-electron chi connectivity index (χ0n) is 15.9. The Labute approximate surface area is 167 Å². The Hall–Kier alpha value is -2.76. The molecular formula is C24H22F2N2O. The molecule has 0 spiro atoms. The molecule has 5 heteroatoms. The molecule has 3 aromatic carbocycles. The molecule has 2 unspecified atom stereocenters. The number of nitrogens with zero attached hydrogens (tertiary/aromatic N) is 1. The van der Waals surface area contributed by atoms with Crippen LogP contribution in [0.2, 0.25) is 0 Å². The van der Waals surface area contributed by atoms with Crippen LogP contribution in [0, 0.1) is 11.6 Å². The highest BCUT2D eigenvalue weighted by Gasteiger charge is 2.41. The number of β-amino-alcohol motifs (C(OH)–C–C–N with tert-alkyl or cyclic N) is 1. The van der Waals surface area contributed by atoms with E-state index in [1.165, 1.54) is 24.3 Å². The first-order chi connectivity index (χ1) is 14.0. The van der Waals surface area contributed by atoms with Crippen LogP contribution in [0.5, 0.6) is 0 Å². The van der Waals surface area contributed by atoms with Gasteiger partial charge in [0, 0.05) is 34.8 Å². The van der Waals surface area contributed by atoms with Crippen LogP contribution in [0.1, 0.15) is 18.0 Å². The van der Waals surface area contributed by atoms with Crippen molar-refractivity contribution in [1.82, 2.24) is 9.88 Å². The molecule has 2 N–H and O–H groups in total. The Balaban J connectivity index is 1.72. The summed E-state index contributed by atoms with van der Waals surface area (Å²) in [5, 5.41) is 16.4. The van der Waals surface area contributed by atoms with Gasteiger partial charge in [0.1, 0.15) is 17.2 Å². The molecule has 148 valence electrons. The van der Waals surface area contributed by atoms with Gasteiger partial charge in [-0.05, 0) is 54.9 Å². The summed E-state index contributed by atoms with van der Waals surface area (Å²) in [7, 11) is 0. The van der Waals surface area contributed by atoms with Crippen molar-refractivity contribution < 1.29 is 13.9 Å². The van der Waals surface area contributed by atoms with E-state index < -0.39 is 5.60 Å². The number of hydrogen-bond acceptors (Lipinski definition) is 2. The summed E-state index contributed by atoms with van der Waals surface area (Å²) in [4.78, 5) is 0. The normalized spacial score (nSPS) is 22.4. The van der Waals surface area contributed by atoms with Crippen molar-refractivity contribution in [2.45, 2.75) is 24.5 Å². The highest BCUT2D eigenvalue weighted by molar-refractivity contribution is 6.08. The summed E-state index contributed by atoms with van der Waals surface area (Å²) in [6.45, 7) is 1.22. The summed E-state index contributed by atoms with van der Waals surface area (Å²) in [5.74, 6) is -0.712. The summed E-state index contributed by atoms with van der Waals surface area (Å²) in [6, 6.07) is 18.9. The van der Waals surface area contributed by atoms with Crippen LogP contribution in [0.3, 0.4) is 0 Å². The van der Waals surface area contributed by atoms with Crippen molar-refractivity contribution in [3.63, 3.8) is 0 Å². The summed E-state index contributed by atoms with van der Waals surface area (Å²) < 4.78 is 30.1. The van der Waals surface area contributed by atoms with Gasteiger partial charge in [-0.15, -0.1) is 0 Å². The molecule has 0 amide bonds. The molecule has 2 atom stereocenters. The fraction of sp³-hybridized carbons (Fsp3) is 0.250. The third-order valence-electron chi connectivity index (χ3n) is 6.04. The molecule has 0 bridgehead atoms. The minimum atomic E-state index is -1.03. The van der Waals surface area contributed by atoms with Gasteiger partial charge in [0.25, 0.3) is 0 Å². The lowest BCUT2D eigenvalue weighted by Gasteiger charge is -2.42. The SMILES string of the molecule is OC1(Cc2ccccc2)CNCCC1n1c2ccc(F)cc2c2cc(F)ccc21. The molecular weight excluding hydrogens is 370 g/mol. The average molecular weight is 392 g/mol. The molecule has 0 aliphatic carbocycles. The van der Waals surface area contributed by atoms with E-state index in [0.717, 1.165) is 29.6 Å². The number of fused-ring (bicyclic) bond motifs is 3. The lowest BCUT2D eigenvalue weighted by molar-refractivity contribution is -0.0262. The minimum absolute atomic E-state index is 0.222. The van der Waals surface area contributed by atoms with Crippen molar-refractivity contribution in [2.24, 2.45) is 0 Å². The van der Waals surface area contributed by atoms with Gasteiger partial charge >= 0.3 is 0 Å². The van der Waals surface area contributed by atoms with Crippen molar-refractivity contribution in [3.8, 4) is 0 Å². The molecule has 1 saturated heterocycles. The number of aliphatic hydroxyl groups is 1. The van der Waals surface area contributed by atoms with Crippen LogP contribution >= 0.6 is 0 Å². The fourth-order valence-electron chi connectivity index (χ4n) is 4.76. The molecule has 2 heterocycles. The highest BCUT2D eigenvalue weighted by atomic mass is 19.1. The average Bonchev–Trinajstić information content (AvgIpc) is 3.01. The number of rotatable bonds is 3. The first-order valence-corrected chi connectivity index (χ1v) is 9.91. The van der Waals surface area contributed by atoms with Gasteiger partial charge < -0.3 is 15.0 Å². The smallest absolute Gasteiger partial charge is 0.123 e. The fourth-order valence-corrected chi connectivity index (χ4v) is 4.76. The zero-order valence-corrected chi connectivity index (χ0v) is 15.9. The number of piperidine rings is 1. The Morgan fingerprint density at radius 3 is 2.17 bits per heavy atom. The van der Waals surface area contributed by atoms with Gasteiger partial charge in [0.05, 0.1) is 6.04 Å². The Morgan fingerprint density at radius 2 is 1.55 bits per heavy atom. The molecule has 29 heavy (non-hydrogen) atoms. The molecule has 1 aliphatic heterocycles. The largest absolute Gasteiger partial charge is 0.386 e. The van der Waals surface area contributed by atoms with Gasteiger partial charge in [-0.2, -0.15) is 0 Å². The van der Waals surface area contributed by atoms with Crippen LogP contribution in [0.25, 0.3) is 21.8 Å². The lowest BCUT2D eigenvalue weighted by Crippen LogP contribution is -2.54. The number of hydrogen-bond donors (Lipinski definition) is 2. The quantitative estimate of drug-likeness (QED) is 0.536. The minimum Gasteiger partial charge on any atom is -0.386 e. The molecule has 0 radical (unpaired) electrons. The maximum Gasteiger partial charge on any atom is 0.123 e. The van der Waals surface area contributed by atoms with Crippen molar-refractivity contribution in [3.05, 3.63) is 83.9 Å². The maximum absolute atomic E-state index is 14.0. The van der Waals surface area contributed by atoms with E-state index in [9.17, 15) is 13.9 Å². The van der Waals surface area contributed by atoms with E-state index in [-0.39, 0.29) is 17.7 Å². The first kappa shape index (κ1) is 18.3. The number of nitrogens with one attached hydrogen (secondary N) is 1. The van der Waals surface area contributed by atoms with E-state index in [0.29, 0.717) is 23.7 Å². The zero-order chi connectivity index (χ0) is 20.0. The second-order valence-electron chi connectivity index (χ2n) is 7.94. The molecule has 1 aliphatic rings. The molecule has 0 saturated carbocycles. The van der Waals surface area contributed by atoms with E-state index >= 15 is 0 Å². The van der Waals surface area contributed by atoms with E-state index in [1.54, 1.807) is 12.1 Å². The molecule has 3 nitrogen and oxygen atoms in total. The van der Waals surface area contributed by atoms with Gasteiger partial charge in [0.15, 0.2) is 0 Å². The van der Waals surface area contributed by atoms with Crippen LogP contribution in [0.4, 0.5) is 8.78 Å². The molecule has 4 aromatic rings. The van der Waals surface area contributed by atoms with Crippen LogP contribution in [-0.2, 0) is 6.42 Å². The highest BCUT2D eigenvalue weighted by Crippen LogP contribution is 2.40. The molecule has 1 aromatic heterocycles. The van der Waals surface area contributed by atoms with Crippen molar-refractivity contribution in [1.29, 1.82) is 0 Å². The summed E-state index contributed by atoms with van der Waals surface area (Å²) in [5.41, 5.74) is 1.65. The topological polar surface area (TPSA) is 37.2 Å². The monoisotopic (exact) mass is 392 g/mol. The van der Waals surface area contributed by atoms with E-state index in [4.69, 9.17) is 0 Å². The molecule has 1 fully saturated rings. The second kappa shape index (κ2) is 6.94. The Bertz CT molecular complexity index is 1130. The van der Waals surface area contributed by atoms with Crippen LogP contribution in [0.15, 0.2) is 66.7 Å². The second-order valence-corrected chi connectivity index (χ2v) is 7.94. The van der Waals surface area contributed by atoms with E-state index in [2.05, 4.69) is 9.88 Å². The third kappa shape index (κ3) is 3.11. The van der Waals surface area contributed by atoms with Crippen molar-refractivity contribution >= 4 is 21.8 Å². The van der Waals surface area contributed by atoms with Crippen LogP contribution in [-0.4, -0.2) is 28.4 Å². The van der Waals surface area contributed by atoms with Gasteiger partial charge in [-0.3, -0.25) is 0 Å². The third-order valence-corrected chi connectivity index (χ3v) is 6.04. The predicted octanol–water partition coefficient (Wildman–Crippen LogP) is 4.58. The van der Waals surface area contributed by atoms with Crippen LogP contribution < -0.4 is 5.32 Å². The first-order valence-electron chi connectivity index (χ1n) is 9.91. The van der Waals surface area contributed by atoms with Crippen molar-refractivity contribution in [2.75, 3.05) is 13.1 Å². The van der Waals surface area contributed by atoms with Gasteiger partial charge in [-0.25, -0.2) is 8.78 Å². The predicted molar refractivity (Wildman–Crippen MR) is 111 cm³/mol. The Kier molecular flexibility index (Phi) is 4.37. The lowest BCUT2D eigenvalue weighted by atomic mass is 9.82. The summed E-state index contributed by atoms with van der Waals surface area (Å²) >= 11 is 0.